The first-order valence-corrected chi connectivity index (χ1v) is 6.16. The van der Waals surface area contributed by atoms with Crippen molar-refractivity contribution < 1.29 is 8.78 Å². The number of hydrogen-bond acceptors (Lipinski definition) is 4. The standard InChI is InChI=1S/C13H11F2N5O/c14-8-1-2-9(10(15)5-8)11(16)7-20-13(21)19-4-3-17-6-12(19)18-20/h1-6,11H,7,16H2. The minimum absolute atomic E-state index is 0.0247. The number of nitrogens with two attached hydrogens (primary N) is 1. The van der Waals surface area contributed by atoms with Gasteiger partial charge in [-0.05, 0) is 6.07 Å². The van der Waals surface area contributed by atoms with Crippen molar-refractivity contribution >= 4 is 5.65 Å². The zero-order valence-electron chi connectivity index (χ0n) is 10.8. The average molecular weight is 291 g/mol. The maximum atomic E-state index is 13.7. The van der Waals surface area contributed by atoms with E-state index in [0.29, 0.717) is 5.65 Å². The summed E-state index contributed by atoms with van der Waals surface area (Å²) in [6.45, 7) is -0.0247. The van der Waals surface area contributed by atoms with E-state index in [1.807, 2.05) is 0 Å². The van der Waals surface area contributed by atoms with Gasteiger partial charge in [0, 0.05) is 24.0 Å². The molecule has 0 saturated carbocycles. The number of benzene rings is 1. The summed E-state index contributed by atoms with van der Waals surface area (Å²) >= 11 is 0. The molecule has 6 nitrogen and oxygen atoms in total. The van der Waals surface area contributed by atoms with E-state index in [0.717, 1.165) is 16.8 Å². The lowest BCUT2D eigenvalue weighted by Crippen LogP contribution is -2.28. The molecule has 0 bridgehead atoms. The number of halogens is 2. The van der Waals surface area contributed by atoms with E-state index in [1.54, 1.807) is 0 Å². The zero-order chi connectivity index (χ0) is 15.0. The van der Waals surface area contributed by atoms with Gasteiger partial charge in [0.15, 0.2) is 5.65 Å². The van der Waals surface area contributed by atoms with Gasteiger partial charge in [0.25, 0.3) is 0 Å². The van der Waals surface area contributed by atoms with E-state index in [2.05, 4.69) is 10.1 Å². The Kier molecular flexibility index (Phi) is 3.22. The zero-order valence-corrected chi connectivity index (χ0v) is 10.8. The lowest BCUT2D eigenvalue weighted by atomic mass is 10.1. The van der Waals surface area contributed by atoms with Crippen LogP contribution >= 0.6 is 0 Å². The van der Waals surface area contributed by atoms with Crippen molar-refractivity contribution in [3.63, 3.8) is 0 Å². The van der Waals surface area contributed by atoms with Gasteiger partial charge < -0.3 is 5.73 Å². The summed E-state index contributed by atoms with van der Waals surface area (Å²) in [6.07, 6.45) is 4.37. The molecule has 0 aliphatic heterocycles. The molecule has 108 valence electrons. The normalized spacial score (nSPS) is 12.7. The van der Waals surface area contributed by atoms with Gasteiger partial charge in [0.1, 0.15) is 11.6 Å². The molecule has 0 fully saturated rings. The molecule has 1 unspecified atom stereocenters. The van der Waals surface area contributed by atoms with Crippen LogP contribution in [0.25, 0.3) is 5.65 Å². The fraction of sp³-hybridized carbons (Fsp3) is 0.154. The molecule has 0 aliphatic carbocycles. The summed E-state index contributed by atoms with van der Waals surface area (Å²) in [4.78, 5) is 15.9. The van der Waals surface area contributed by atoms with Gasteiger partial charge in [-0.25, -0.2) is 22.7 Å². The highest BCUT2D eigenvalue weighted by Crippen LogP contribution is 2.17. The van der Waals surface area contributed by atoms with E-state index >= 15 is 0 Å². The van der Waals surface area contributed by atoms with Gasteiger partial charge in [-0.3, -0.25) is 4.98 Å². The Morgan fingerprint density at radius 1 is 1.33 bits per heavy atom. The number of aromatic nitrogens is 4. The topological polar surface area (TPSA) is 78.2 Å². The molecule has 0 radical (unpaired) electrons. The van der Waals surface area contributed by atoms with Crippen LogP contribution in [0.4, 0.5) is 8.78 Å². The fourth-order valence-corrected chi connectivity index (χ4v) is 2.09. The van der Waals surface area contributed by atoms with Crippen LogP contribution < -0.4 is 11.4 Å². The SMILES string of the molecule is NC(Cn1nc2cnccn2c1=O)c1ccc(F)cc1F. The third-order valence-electron chi connectivity index (χ3n) is 3.12. The van der Waals surface area contributed by atoms with Crippen molar-refractivity contribution in [3.8, 4) is 0 Å². The van der Waals surface area contributed by atoms with Gasteiger partial charge in [-0.15, -0.1) is 5.10 Å². The smallest absolute Gasteiger partial charge is 0.322 e. The molecule has 0 spiro atoms. The quantitative estimate of drug-likeness (QED) is 0.776. The maximum absolute atomic E-state index is 13.7. The lowest BCUT2D eigenvalue weighted by molar-refractivity contribution is 0.486. The third kappa shape index (κ3) is 2.40. The highest BCUT2D eigenvalue weighted by Gasteiger charge is 2.16. The van der Waals surface area contributed by atoms with Gasteiger partial charge in [-0.2, -0.15) is 0 Å². The molecule has 0 aliphatic rings. The van der Waals surface area contributed by atoms with Crippen molar-refractivity contribution in [3.05, 3.63) is 64.5 Å². The van der Waals surface area contributed by atoms with Crippen molar-refractivity contribution in [1.29, 1.82) is 0 Å². The van der Waals surface area contributed by atoms with E-state index in [9.17, 15) is 13.6 Å². The van der Waals surface area contributed by atoms with Crippen LogP contribution in [0.5, 0.6) is 0 Å². The van der Waals surface area contributed by atoms with Gasteiger partial charge in [0.05, 0.1) is 18.8 Å². The monoisotopic (exact) mass is 291 g/mol. The Bertz CT molecular complexity index is 857. The van der Waals surface area contributed by atoms with Crippen LogP contribution in [0.1, 0.15) is 11.6 Å². The molecule has 3 rings (SSSR count). The summed E-state index contributed by atoms with van der Waals surface area (Å²) in [5.74, 6) is -1.43. The first-order chi connectivity index (χ1) is 10.1. The molecule has 1 aromatic carbocycles. The summed E-state index contributed by atoms with van der Waals surface area (Å²) in [5, 5.41) is 4.05. The van der Waals surface area contributed by atoms with Crippen LogP contribution in [-0.4, -0.2) is 19.2 Å². The van der Waals surface area contributed by atoms with Gasteiger partial charge in [0.2, 0.25) is 0 Å². The molecular formula is C13H11F2N5O. The van der Waals surface area contributed by atoms with Crippen LogP contribution in [0.2, 0.25) is 0 Å². The van der Waals surface area contributed by atoms with Crippen LogP contribution in [0.15, 0.2) is 41.6 Å². The molecule has 8 heteroatoms. The molecule has 2 heterocycles. The van der Waals surface area contributed by atoms with E-state index in [1.165, 1.54) is 29.1 Å². The lowest BCUT2D eigenvalue weighted by Gasteiger charge is -2.12. The van der Waals surface area contributed by atoms with Crippen LogP contribution in [0.3, 0.4) is 0 Å². The average Bonchev–Trinajstić information content (AvgIpc) is 2.76. The molecule has 21 heavy (non-hydrogen) atoms. The Morgan fingerprint density at radius 3 is 2.86 bits per heavy atom. The number of nitrogens with zero attached hydrogens (tertiary/aromatic N) is 4. The Morgan fingerprint density at radius 2 is 2.14 bits per heavy atom. The summed E-state index contributed by atoms with van der Waals surface area (Å²) in [5.41, 5.74) is 5.98. The van der Waals surface area contributed by atoms with Crippen LogP contribution in [0, 0.1) is 11.6 Å². The highest BCUT2D eigenvalue weighted by molar-refractivity contribution is 5.32. The Balaban J connectivity index is 1.94. The second-order valence-corrected chi connectivity index (χ2v) is 4.54. The third-order valence-corrected chi connectivity index (χ3v) is 3.12. The van der Waals surface area contributed by atoms with Crippen molar-refractivity contribution in [2.24, 2.45) is 5.73 Å². The van der Waals surface area contributed by atoms with E-state index < -0.39 is 23.4 Å². The number of hydrogen-bond donors (Lipinski definition) is 1. The summed E-state index contributed by atoms with van der Waals surface area (Å²) in [6, 6.07) is 2.32. The minimum atomic E-state index is -0.818. The van der Waals surface area contributed by atoms with E-state index in [-0.39, 0.29) is 12.1 Å². The predicted molar refractivity (Wildman–Crippen MR) is 70.5 cm³/mol. The molecular weight excluding hydrogens is 280 g/mol. The predicted octanol–water partition coefficient (Wildman–Crippen LogP) is 0.869. The van der Waals surface area contributed by atoms with Gasteiger partial charge in [-0.1, -0.05) is 6.07 Å². The van der Waals surface area contributed by atoms with Crippen LogP contribution in [-0.2, 0) is 6.54 Å². The maximum Gasteiger partial charge on any atom is 0.350 e. The molecule has 2 N–H and O–H groups in total. The molecule has 1 atom stereocenters. The van der Waals surface area contributed by atoms with Gasteiger partial charge >= 0.3 is 5.69 Å². The Labute approximate surface area is 117 Å². The van der Waals surface area contributed by atoms with E-state index in [4.69, 9.17) is 5.73 Å². The summed E-state index contributed by atoms with van der Waals surface area (Å²) < 4.78 is 29.0. The number of fused-ring (bicyclic) bond motifs is 1. The summed E-state index contributed by atoms with van der Waals surface area (Å²) in [7, 11) is 0. The fourth-order valence-electron chi connectivity index (χ4n) is 2.09. The second kappa shape index (κ2) is 5.06. The first-order valence-electron chi connectivity index (χ1n) is 6.16. The largest absolute Gasteiger partial charge is 0.350 e. The van der Waals surface area contributed by atoms with Crippen molar-refractivity contribution in [2.45, 2.75) is 12.6 Å². The molecule has 3 aromatic rings. The Hall–Kier alpha value is -2.61. The van der Waals surface area contributed by atoms with Crippen molar-refractivity contribution in [1.82, 2.24) is 19.2 Å². The second-order valence-electron chi connectivity index (χ2n) is 4.54. The van der Waals surface area contributed by atoms with Crippen molar-refractivity contribution in [2.75, 3.05) is 0 Å². The first kappa shape index (κ1) is 13.4. The molecule has 2 aromatic heterocycles. The molecule has 0 amide bonds. The molecule has 0 saturated heterocycles. The minimum Gasteiger partial charge on any atom is -0.322 e. The number of rotatable bonds is 3. The highest BCUT2D eigenvalue weighted by atomic mass is 19.1.